The highest BCUT2D eigenvalue weighted by atomic mass is 32.2. The standard InChI is InChI=1S/C20H31N3O6S/c24-16-9-10-17(25)23(16)29-18(26)8-4-2-6-12-28-11-5-1-3-7-15-19-14(13-30-15)21-20(27)22-19/h14-15,19H,1-13H2,(H2,21,22,27)/t14-,15-,19-/m0/s1. The first-order valence-electron chi connectivity index (χ1n) is 10.9. The van der Waals surface area contributed by atoms with Crippen LogP contribution in [-0.2, 0) is 24.0 Å². The van der Waals surface area contributed by atoms with Crippen molar-refractivity contribution in [1.29, 1.82) is 0 Å². The summed E-state index contributed by atoms with van der Waals surface area (Å²) in [4.78, 5) is 50.6. The molecule has 0 bridgehead atoms. The van der Waals surface area contributed by atoms with Crippen LogP contribution < -0.4 is 10.6 Å². The van der Waals surface area contributed by atoms with Gasteiger partial charge in [-0.05, 0) is 25.7 Å². The van der Waals surface area contributed by atoms with Crippen LogP contribution >= 0.6 is 11.8 Å². The number of unbranched alkanes of at least 4 members (excludes halogenated alkanes) is 4. The minimum Gasteiger partial charge on any atom is -0.381 e. The van der Waals surface area contributed by atoms with E-state index >= 15 is 0 Å². The molecule has 0 aromatic heterocycles. The number of carbonyl (C=O) groups is 4. The number of nitrogens with one attached hydrogen (secondary N) is 2. The van der Waals surface area contributed by atoms with Crippen LogP contribution in [0.4, 0.5) is 4.79 Å². The molecule has 0 aliphatic carbocycles. The van der Waals surface area contributed by atoms with E-state index in [0.717, 1.165) is 50.9 Å². The average molecular weight is 442 g/mol. The second-order valence-electron chi connectivity index (χ2n) is 7.94. The van der Waals surface area contributed by atoms with Crippen molar-refractivity contribution in [2.45, 2.75) is 81.5 Å². The Morgan fingerprint density at radius 1 is 0.967 bits per heavy atom. The Hall–Kier alpha value is -1.81. The van der Waals surface area contributed by atoms with Crippen molar-refractivity contribution in [1.82, 2.24) is 15.7 Å². The van der Waals surface area contributed by atoms with Crippen LogP contribution in [0.3, 0.4) is 0 Å². The molecule has 3 fully saturated rings. The number of fused-ring (bicyclic) bond motifs is 1. The number of rotatable bonds is 13. The minimum atomic E-state index is -0.542. The van der Waals surface area contributed by atoms with Crippen molar-refractivity contribution in [3.63, 3.8) is 0 Å². The zero-order chi connectivity index (χ0) is 21.3. The predicted molar refractivity (Wildman–Crippen MR) is 110 cm³/mol. The van der Waals surface area contributed by atoms with Crippen molar-refractivity contribution in [3.05, 3.63) is 0 Å². The smallest absolute Gasteiger partial charge is 0.333 e. The first kappa shape index (κ1) is 22.9. The van der Waals surface area contributed by atoms with E-state index in [1.165, 1.54) is 0 Å². The Morgan fingerprint density at radius 2 is 1.67 bits per heavy atom. The quantitative estimate of drug-likeness (QED) is 0.255. The van der Waals surface area contributed by atoms with Gasteiger partial charge >= 0.3 is 12.0 Å². The summed E-state index contributed by atoms with van der Waals surface area (Å²) < 4.78 is 5.65. The molecule has 3 saturated heterocycles. The SMILES string of the molecule is O=C1N[C@H]2[C@H](CS[C@H]2CCCCCOCCCCCC(=O)ON2C(=O)CCC2=O)N1. The summed E-state index contributed by atoms with van der Waals surface area (Å²) in [6.45, 7) is 1.40. The van der Waals surface area contributed by atoms with Crippen LogP contribution in [-0.4, -0.2) is 65.2 Å². The first-order valence-corrected chi connectivity index (χ1v) is 11.9. The van der Waals surface area contributed by atoms with Gasteiger partial charge in [-0.2, -0.15) is 11.8 Å². The second-order valence-corrected chi connectivity index (χ2v) is 9.21. The maximum atomic E-state index is 11.7. The van der Waals surface area contributed by atoms with Gasteiger partial charge in [-0.3, -0.25) is 9.59 Å². The minimum absolute atomic E-state index is 0.0302. The van der Waals surface area contributed by atoms with Gasteiger partial charge in [0.2, 0.25) is 0 Å². The summed E-state index contributed by atoms with van der Waals surface area (Å²) in [5.74, 6) is -0.437. The van der Waals surface area contributed by atoms with Crippen LogP contribution in [0.25, 0.3) is 0 Å². The topological polar surface area (TPSA) is 114 Å². The molecule has 0 unspecified atom stereocenters. The van der Waals surface area contributed by atoms with Gasteiger partial charge in [0.05, 0.1) is 12.1 Å². The van der Waals surface area contributed by atoms with Gasteiger partial charge < -0.3 is 20.2 Å². The highest BCUT2D eigenvalue weighted by Gasteiger charge is 2.42. The number of hydroxylamine groups is 2. The van der Waals surface area contributed by atoms with E-state index in [4.69, 9.17) is 9.57 Å². The van der Waals surface area contributed by atoms with Crippen molar-refractivity contribution < 1.29 is 28.8 Å². The third kappa shape index (κ3) is 6.60. The molecule has 3 atom stereocenters. The van der Waals surface area contributed by atoms with Gasteiger partial charge in [0.15, 0.2) is 0 Å². The van der Waals surface area contributed by atoms with E-state index in [9.17, 15) is 19.2 Å². The lowest BCUT2D eigenvalue weighted by Gasteiger charge is -2.16. The molecule has 3 rings (SSSR count). The molecule has 3 aliphatic heterocycles. The Balaban J connectivity index is 1.10. The normalized spacial score (nSPS) is 25.4. The van der Waals surface area contributed by atoms with E-state index in [2.05, 4.69) is 10.6 Å². The number of imide groups is 1. The molecule has 0 saturated carbocycles. The van der Waals surface area contributed by atoms with Crippen molar-refractivity contribution in [3.8, 4) is 0 Å². The van der Waals surface area contributed by atoms with Gasteiger partial charge in [0.1, 0.15) is 0 Å². The number of amides is 4. The van der Waals surface area contributed by atoms with E-state index in [-0.39, 0.29) is 31.3 Å². The van der Waals surface area contributed by atoms with Gasteiger partial charge in [0.25, 0.3) is 11.8 Å². The van der Waals surface area contributed by atoms with Crippen molar-refractivity contribution in [2.75, 3.05) is 19.0 Å². The zero-order valence-corrected chi connectivity index (χ0v) is 18.0. The van der Waals surface area contributed by atoms with E-state index < -0.39 is 17.8 Å². The maximum absolute atomic E-state index is 11.7. The highest BCUT2D eigenvalue weighted by molar-refractivity contribution is 8.00. The first-order chi connectivity index (χ1) is 14.5. The molecule has 9 nitrogen and oxygen atoms in total. The van der Waals surface area contributed by atoms with Crippen LogP contribution in [0.1, 0.15) is 64.2 Å². The molecular formula is C20H31N3O6S. The fraction of sp³-hybridized carbons (Fsp3) is 0.800. The fourth-order valence-electron chi connectivity index (χ4n) is 3.93. The Morgan fingerprint density at radius 3 is 2.40 bits per heavy atom. The third-order valence-corrected chi connectivity index (χ3v) is 7.09. The summed E-state index contributed by atoms with van der Waals surface area (Å²) in [5.41, 5.74) is 0. The number of hydrogen-bond acceptors (Lipinski definition) is 7. The lowest BCUT2D eigenvalue weighted by molar-refractivity contribution is -0.197. The number of nitrogens with zero attached hydrogens (tertiary/aromatic N) is 1. The zero-order valence-electron chi connectivity index (χ0n) is 17.2. The van der Waals surface area contributed by atoms with Gasteiger partial charge in [-0.15, -0.1) is 5.06 Å². The Labute approximate surface area is 180 Å². The monoisotopic (exact) mass is 441 g/mol. The summed E-state index contributed by atoms with van der Waals surface area (Å²) in [7, 11) is 0. The van der Waals surface area contributed by atoms with Crippen molar-refractivity contribution >= 4 is 35.6 Å². The summed E-state index contributed by atoms with van der Waals surface area (Å²) in [6.07, 6.45) is 7.17. The summed E-state index contributed by atoms with van der Waals surface area (Å²) >= 11 is 1.95. The fourth-order valence-corrected chi connectivity index (χ4v) is 5.47. The van der Waals surface area contributed by atoms with Crippen LogP contribution in [0.5, 0.6) is 0 Å². The predicted octanol–water partition coefficient (Wildman–Crippen LogP) is 1.90. The molecule has 2 N–H and O–H groups in total. The van der Waals surface area contributed by atoms with Gasteiger partial charge in [0, 0.05) is 43.5 Å². The number of carbonyl (C=O) groups excluding carboxylic acids is 4. The lowest BCUT2D eigenvalue weighted by atomic mass is 10.0. The molecule has 0 aromatic rings. The molecule has 168 valence electrons. The Bertz CT molecular complexity index is 630. The second kappa shape index (κ2) is 11.5. The molecule has 30 heavy (non-hydrogen) atoms. The molecular weight excluding hydrogens is 410 g/mol. The number of urea groups is 1. The third-order valence-electron chi connectivity index (χ3n) is 5.58. The molecule has 3 aliphatic rings. The molecule has 0 radical (unpaired) electrons. The van der Waals surface area contributed by atoms with Crippen LogP contribution in [0, 0.1) is 0 Å². The number of hydrogen-bond donors (Lipinski definition) is 2. The average Bonchev–Trinajstić information content (AvgIpc) is 3.36. The summed E-state index contributed by atoms with van der Waals surface area (Å²) in [5, 5.41) is 7.10. The lowest BCUT2D eigenvalue weighted by Crippen LogP contribution is -2.36. The van der Waals surface area contributed by atoms with E-state index in [0.29, 0.717) is 29.4 Å². The van der Waals surface area contributed by atoms with E-state index in [1.54, 1.807) is 0 Å². The number of ether oxygens (including phenoxy) is 1. The van der Waals surface area contributed by atoms with Gasteiger partial charge in [-0.25, -0.2) is 9.59 Å². The van der Waals surface area contributed by atoms with Crippen molar-refractivity contribution in [2.24, 2.45) is 0 Å². The largest absolute Gasteiger partial charge is 0.381 e. The number of thioether (sulfide) groups is 1. The van der Waals surface area contributed by atoms with E-state index in [1.807, 2.05) is 11.8 Å². The molecule has 3 heterocycles. The highest BCUT2D eigenvalue weighted by Crippen LogP contribution is 2.33. The molecule has 0 aromatic carbocycles. The Kier molecular flexibility index (Phi) is 8.80. The maximum Gasteiger partial charge on any atom is 0.333 e. The summed E-state index contributed by atoms with van der Waals surface area (Å²) in [6, 6.07) is 0.549. The molecule has 10 heteroatoms. The molecule has 4 amide bonds. The van der Waals surface area contributed by atoms with Crippen LogP contribution in [0.15, 0.2) is 0 Å². The van der Waals surface area contributed by atoms with Crippen LogP contribution in [0.2, 0.25) is 0 Å². The van der Waals surface area contributed by atoms with Gasteiger partial charge in [-0.1, -0.05) is 19.3 Å². The molecule has 0 spiro atoms.